The number of carbonyl (C=O) groups excluding carboxylic acids is 1. The molecule has 2 rings (SSSR count). The molecule has 0 aliphatic carbocycles. The lowest BCUT2D eigenvalue weighted by atomic mass is 10.00. The quantitative estimate of drug-likeness (QED) is 0.824. The zero-order valence-electron chi connectivity index (χ0n) is 11.5. The Morgan fingerprint density at radius 1 is 1.52 bits per heavy atom. The molecule has 118 valence electrons. The van der Waals surface area contributed by atoms with Crippen molar-refractivity contribution in [2.45, 2.75) is 12.8 Å². The minimum Gasteiger partial charge on any atom is -0.481 e. The fourth-order valence-electron chi connectivity index (χ4n) is 2.14. The maximum Gasteiger partial charge on any atom is 0.257 e. The number of piperidine rings is 1. The van der Waals surface area contributed by atoms with Gasteiger partial charge in [-0.3, -0.25) is 4.79 Å². The first kappa shape index (κ1) is 18.2. The Balaban J connectivity index is 0.00000220. The average molecular weight is 382 g/mol. The molecule has 1 aliphatic rings. The lowest BCUT2D eigenvalue weighted by Gasteiger charge is -2.22. The van der Waals surface area contributed by atoms with E-state index in [1.165, 1.54) is 12.1 Å². The number of benzene rings is 1. The van der Waals surface area contributed by atoms with Crippen LogP contribution < -0.4 is 15.4 Å². The SMILES string of the molecule is Cl.O=C(COc1ccc(Br)cc1F)NCC1CCCNC1. The minimum absolute atomic E-state index is 0. The number of ether oxygens (including phenoxy) is 1. The van der Waals surface area contributed by atoms with E-state index in [0.717, 1.165) is 25.9 Å². The largest absolute Gasteiger partial charge is 0.481 e. The Labute approximate surface area is 138 Å². The van der Waals surface area contributed by atoms with Gasteiger partial charge in [-0.1, -0.05) is 15.9 Å². The zero-order chi connectivity index (χ0) is 14.4. The van der Waals surface area contributed by atoms with E-state index < -0.39 is 5.82 Å². The summed E-state index contributed by atoms with van der Waals surface area (Å²) < 4.78 is 19.3. The van der Waals surface area contributed by atoms with Crippen molar-refractivity contribution in [2.24, 2.45) is 5.92 Å². The van der Waals surface area contributed by atoms with Crippen molar-refractivity contribution in [2.75, 3.05) is 26.2 Å². The topological polar surface area (TPSA) is 50.4 Å². The van der Waals surface area contributed by atoms with Crippen LogP contribution in [-0.4, -0.2) is 32.1 Å². The van der Waals surface area contributed by atoms with Gasteiger partial charge >= 0.3 is 0 Å². The summed E-state index contributed by atoms with van der Waals surface area (Å²) in [6.45, 7) is 2.45. The molecule has 1 aliphatic heterocycles. The van der Waals surface area contributed by atoms with Gasteiger partial charge in [0.2, 0.25) is 0 Å². The summed E-state index contributed by atoms with van der Waals surface area (Å²) >= 11 is 3.16. The molecule has 0 saturated carbocycles. The molecule has 0 spiro atoms. The summed E-state index contributed by atoms with van der Waals surface area (Å²) in [6.07, 6.45) is 2.26. The van der Waals surface area contributed by atoms with Crippen LogP contribution in [0.25, 0.3) is 0 Å². The highest BCUT2D eigenvalue weighted by atomic mass is 79.9. The molecular formula is C14H19BrClFN2O2. The molecule has 1 unspecified atom stereocenters. The summed E-state index contributed by atoms with van der Waals surface area (Å²) in [4.78, 5) is 11.6. The van der Waals surface area contributed by atoms with Crippen LogP contribution in [0.4, 0.5) is 4.39 Å². The molecule has 1 atom stereocenters. The molecule has 1 aromatic rings. The first-order chi connectivity index (χ1) is 9.65. The van der Waals surface area contributed by atoms with E-state index >= 15 is 0 Å². The summed E-state index contributed by atoms with van der Waals surface area (Å²) in [5.41, 5.74) is 0. The maximum atomic E-state index is 13.5. The van der Waals surface area contributed by atoms with Gasteiger partial charge in [0.05, 0.1) is 0 Å². The fraction of sp³-hybridized carbons (Fsp3) is 0.500. The number of hydrogen-bond donors (Lipinski definition) is 2. The first-order valence-corrected chi connectivity index (χ1v) is 7.49. The van der Waals surface area contributed by atoms with Crippen molar-refractivity contribution in [1.29, 1.82) is 0 Å². The van der Waals surface area contributed by atoms with Gasteiger partial charge in [-0.05, 0) is 50.0 Å². The Hall–Kier alpha value is -0.850. The number of carbonyl (C=O) groups is 1. The number of rotatable bonds is 5. The van der Waals surface area contributed by atoms with E-state index in [9.17, 15) is 9.18 Å². The summed E-state index contributed by atoms with van der Waals surface area (Å²) in [7, 11) is 0. The molecule has 2 N–H and O–H groups in total. The number of hydrogen-bond acceptors (Lipinski definition) is 3. The molecule has 21 heavy (non-hydrogen) atoms. The third-order valence-electron chi connectivity index (χ3n) is 3.24. The van der Waals surface area contributed by atoms with Gasteiger partial charge in [0.25, 0.3) is 5.91 Å². The molecule has 0 radical (unpaired) electrons. The van der Waals surface area contributed by atoms with Gasteiger partial charge in [-0.15, -0.1) is 12.4 Å². The summed E-state index contributed by atoms with van der Waals surface area (Å²) in [5, 5.41) is 6.11. The Morgan fingerprint density at radius 2 is 2.33 bits per heavy atom. The van der Waals surface area contributed by atoms with Crippen molar-refractivity contribution in [3.63, 3.8) is 0 Å². The van der Waals surface area contributed by atoms with Crippen LogP contribution in [0.5, 0.6) is 5.75 Å². The van der Waals surface area contributed by atoms with Crippen LogP contribution in [-0.2, 0) is 4.79 Å². The van der Waals surface area contributed by atoms with Crippen molar-refractivity contribution < 1.29 is 13.9 Å². The van der Waals surface area contributed by atoms with Gasteiger partial charge in [0.1, 0.15) is 0 Å². The van der Waals surface area contributed by atoms with Crippen LogP contribution in [0.3, 0.4) is 0 Å². The second-order valence-electron chi connectivity index (χ2n) is 4.88. The predicted octanol–water partition coefficient (Wildman–Crippen LogP) is 2.50. The van der Waals surface area contributed by atoms with Crippen LogP contribution >= 0.6 is 28.3 Å². The lowest BCUT2D eigenvalue weighted by Crippen LogP contribution is -2.39. The van der Waals surface area contributed by atoms with E-state index in [1.807, 2.05) is 0 Å². The zero-order valence-corrected chi connectivity index (χ0v) is 13.9. The Morgan fingerprint density at radius 3 is 3.00 bits per heavy atom. The molecule has 1 amide bonds. The molecule has 0 bridgehead atoms. The van der Waals surface area contributed by atoms with Gasteiger partial charge < -0.3 is 15.4 Å². The summed E-state index contributed by atoms with van der Waals surface area (Å²) in [5.74, 6) is -0.152. The smallest absolute Gasteiger partial charge is 0.257 e. The van der Waals surface area contributed by atoms with Gasteiger partial charge in [-0.2, -0.15) is 0 Å². The van der Waals surface area contributed by atoms with Crippen LogP contribution in [0.15, 0.2) is 22.7 Å². The fourth-order valence-corrected chi connectivity index (χ4v) is 2.48. The highest BCUT2D eigenvalue weighted by Gasteiger charge is 2.14. The highest BCUT2D eigenvalue weighted by Crippen LogP contribution is 2.21. The van der Waals surface area contributed by atoms with Crippen LogP contribution in [0.1, 0.15) is 12.8 Å². The average Bonchev–Trinajstić information content (AvgIpc) is 2.45. The van der Waals surface area contributed by atoms with E-state index in [4.69, 9.17) is 4.74 Å². The van der Waals surface area contributed by atoms with Crippen molar-refractivity contribution >= 4 is 34.2 Å². The van der Waals surface area contributed by atoms with Crippen LogP contribution in [0.2, 0.25) is 0 Å². The third-order valence-corrected chi connectivity index (χ3v) is 3.73. The maximum absolute atomic E-state index is 13.5. The molecular weight excluding hydrogens is 363 g/mol. The van der Waals surface area contributed by atoms with E-state index in [2.05, 4.69) is 26.6 Å². The lowest BCUT2D eigenvalue weighted by molar-refractivity contribution is -0.123. The normalized spacial score (nSPS) is 17.7. The molecule has 4 nitrogen and oxygen atoms in total. The standard InChI is InChI=1S/C14H18BrFN2O2.ClH/c15-11-3-4-13(12(16)6-11)20-9-14(19)18-8-10-2-1-5-17-7-10;/h3-4,6,10,17H,1-2,5,7-9H2,(H,18,19);1H. The van der Waals surface area contributed by atoms with Gasteiger partial charge in [-0.25, -0.2) is 4.39 Å². The van der Waals surface area contributed by atoms with Crippen molar-refractivity contribution in [3.05, 3.63) is 28.5 Å². The number of halogens is 3. The molecule has 7 heteroatoms. The Kier molecular flexibility index (Phi) is 8.00. The second-order valence-corrected chi connectivity index (χ2v) is 5.80. The molecule has 1 saturated heterocycles. The van der Waals surface area contributed by atoms with Crippen molar-refractivity contribution in [1.82, 2.24) is 10.6 Å². The molecule has 1 heterocycles. The third kappa shape index (κ3) is 6.20. The van der Waals surface area contributed by atoms with E-state index in [0.29, 0.717) is 16.9 Å². The van der Waals surface area contributed by atoms with Crippen LogP contribution in [0, 0.1) is 11.7 Å². The minimum atomic E-state index is -0.483. The van der Waals surface area contributed by atoms with Gasteiger partial charge in [0.15, 0.2) is 18.2 Å². The summed E-state index contributed by atoms with van der Waals surface area (Å²) in [6, 6.07) is 4.47. The monoisotopic (exact) mass is 380 g/mol. The molecule has 1 fully saturated rings. The predicted molar refractivity (Wildman–Crippen MR) is 85.4 cm³/mol. The van der Waals surface area contributed by atoms with E-state index in [-0.39, 0.29) is 30.7 Å². The Bertz CT molecular complexity index is 470. The van der Waals surface area contributed by atoms with Gasteiger partial charge in [0, 0.05) is 11.0 Å². The molecule has 1 aromatic carbocycles. The number of nitrogens with one attached hydrogen (secondary N) is 2. The highest BCUT2D eigenvalue weighted by molar-refractivity contribution is 9.10. The second kappa shape index (κ2) is 9.23. The number of amides is 1. The van der Waals surface area contributed by atoms with Crippen molar-refractivity contribution in [3.8, 4) is 5.75 Å². The molecule has 0 aromatic heterocycles. The van der Waals surface area contributed by atoms with E-state index in [1.54, 1.807) is 6.07 Å². The first-order valence-electron chi connectivity index (χ1n) is 6.70.